The summed E-state index contributed by atoms with van der Waals surface area (Å²) in [6.07, 6.45) is 1.43. The molecule has 33 heavy (non-hydrogen) atoms. The molecule has 0 spiro atoms. The van der Waals surface area contributed by atoms with Gasteiger partial charge < -0.3 is 10.3 Å². The van der Waals surface area contributed by atoms with Crippen molar-refractivity contribution in [2.24, 2.45) is 0 Å². The van der Waals surface area contributed by atoms with E-state index in [2.05, 4.69) is 30.2 Å². The molecular formula is C22H18N6O3S2. The Balaban J connectivity index is 1.24. The highest BCUT2D eigenvalue weighted by atomic mass is 32.2. The Hall–Kier alpha value is -3.96. The number of carbonyl (C=O) groups excluding carboxylic acids is 1. The number of benzene rings is 2. The van der Waals surface area contributed by atoms with Crippen LogP contribution in [0.4, 0.5) is 5.13 Å². The fraction of sp³-hybridized carbons (Fsp3) is 0.0455. The maximum absolute atomic E-state index is 12.8. The molecule has 3 heterocycles. The van der Waals surface area contributed by atoms with Gasteiger partial charge in [0, 0.05) is 28.0 Å². The molecule has 11 heteroatoms. The van der Waals surface area contributed by atoms with Crippen LogP contribution < -0.4 is 10.0 Å². The summed E-state index contributed by atoms with van der Waals surface area (Å²) in [4.78, 5) is 19.7. The molecule has 0 bridgehead atoms. The van der Waals surface area contributed by atoms with Crippen molar-refractivity contribution in [3.63, 3.8) is 0 Å². The van der Waals surface area contributed by atoms with E-state index in [1.807, 2.05) is 42.5 Å². The molecule has 1 amide bonds. The number of H-pyrrole nitrogens is 2. The van der Waals surface area contributed by atoms with Gasteiger partial charge in [-0.3, -0.25) is 14.6 Å². The lowest BCUT2D eigenvalue weighted by Crippen LogP contribution is -2.23. The number of aromatic nitrogens is 4. The molecule has 3 aromatic heterocycles. The Kier molecular flexibility index (Phi) is 5.40. The number of sulfonamides is 1. The van der Waals surface area contributed by atoms with Crippen LogP contribution in [0.25, 0.3) is 22.2 Å². The molecule has 0 atom stereocenters. The van der Waals surface area contributed by atoms with E-state index in [0.29, 0.717) is 10.9 Å². The molecule has 0 saturated heterocycles. The highest BCUT2D eigenvalue weighted by Gasteiger charge is 2.21. The molecule has 0 fully saturated rings. The highest BCUT2D eigenvalue weighted by Crippen LogP contribution is 2.26. The third-order valence-electron chi connectivity index (χ3n) is 4.94. The average molecular weight is 479 g/mol. The third kappa shape index (κ3) is 4.36. The average Bonchev–Trinajstić information content (AvgIpc) is 3.57. The van der Waals surface area contributed by atoms with E-state index in [4.69, 9.17) is 0 Å². The number of carbonyl (C=O) groups is 1. The fourth-order valence-corrected chi connectivity index (χ4v) is 5.46. The van der Waals surface area contributed by atoms with Gasteiger partial charge in [-0.1, -0.05) is 48.5 Å². The second-order valence-electron chi connectivity index (χ2n) is 7.17. The first-order chi connectivity index (χ1) is 16.0. The Morgan fingerprint density at radius 3 is 2.70 bits per heavy atom. The Labute approximate surface area is 193 Å². The van der Waals surface area contributed by atoms with Crippen molar-refractivity contribution < 1.29 is 13.2 Å². The summed E-state index contributed by atoms with van der Waals surface area (Å²) in [6.45, 7) is 0.229. The quantitative estimate of drug-likeness (QED) is 0.283. The van der Waals surface area contributed by atoms with Crippen LogP contribution in [0, 0.1) is 0 Å². The largest absolute Gasteiger partial charge is 0.360 e. The monoisotopic (exact) mass is 478 g/mol. The lowest BCUT2D eigenvalue weighted by Gasteiger charge is -2.04. The van der Waals surface area contributed by atoms with Crippen LogP contribution in [-0.2, 0) is 16.6 Å². The molecule has 0 aliphatic rings. The van der Waals surface area contributed by atoms with Gasteiger partial charge in [0.25, 0.3) is 15.9 Å². The van der Waals surface area contributed by atoms with Crippen molar-refractivity contribution in [2.45, 2.75) is 11.4 Å². The molecule has 0 radical (unpaired) electrons. The number of nitrogens with one attached hydrogen (secondary N) is 4. The van der Waals surface area contributed by atoms with Gasteiger partial charge in [0.1, 0.15) is 10.6 Å². The van der Waals surface area contributed by atoms with E-state index >= 15 is 0 Å². The first-order valence-electron chi connectivity index (χ1n) is 9.92. The van der Waals surface area contributed by atoms with Crippen LogP contribution in [0.1, 0.15) is 16.2 Å². The number of para-hydroxylation sites is 1. The van der Waals surface area contributed by atoms with Crippen molar-refractivity contribution in [1.29, 1.82) is 0 Å². The van der Waals surface area contributed by atoms with Crippen LogP contribution >= 0.6 is 11.3 Å². The summed E-state index contributed by atoms with van der Waals surface area (Å²) < 4.78 is 28.1. The summed E-state index contributed by atoms with van der Waals surface area (Å²) in [5.41, 5.74) is 3.32. The topological polar surface area (TPSA) is 133 Å². The number of amides is 1. The summed E-state index contributed by atoms with van der Waals surface area (Å²) in [5.74, 6) is -0.417. The molecule has 0 aliphatic heterocycles. The van der Waals surface area contributed by atoms with Crippen LogP contribution in [-0.4, -0.2) is 34.5 Å². The molecular weight excluding hydrogens is 460 g/mol. The van der Waals surface area contributed by atoms with E-state index in [1.54, 1.807) is 18.2 Å². The van der Waals surface area contributed by atoms with E-state index in [1.165, 1.54) is 11.6 Å². The molecule has 4 N–H and O–H groups in total. The molecule has 5 rings (SSSR count). The number of thiazole rings is 1. The normalized spacial score (nSPS) is 11.5. The number of anilines is 1. The number of hydrogen-bond acceptors (Lipinski definition) is 6. The lowest BCUT2D eigenvalue weighted by atomic mass is 10.1. The van der Waals surface area contributed by atoms with Gasteiger partial charge >= 0.3 is 0 Å². The predicted molar refractivity (Wildman–Crippen MR) is 126 cm³/mol. The molecule has 5 aromatic rings. The first kappa shape index (κ1) is 20.9. The van der Waals surface area contributed by atoms with Gasteiger partial charge in [-0.2, -0.15) is 5.10 Å². The van der Waals surface area contributed by atoms with Gasteiger partial charge in [-0.05, 0) is 12.1 Å². The first-order valence-corrected chi connectivity index (χ1v) is 12.3. The molecule has 166 valence electrons. The zero-order valence-corrected chi connectivity index (χ0v) is 18.7. The van der Waals surface area contributed by atoms with E-state index in [9.17, 15) is 13.2 Å². The SMILES string of the molecule is O=C(NCc1cc(-c2ccccc2)n[nH]1)c1csc(NS(=O)(=O)c2c[nH]c3ccccc23)n1. The van der Waals surface area contributed by atoms with E-state index < -0.39 is 15.9 Å². The van der Waals surface area contributed by atoms with Crippen molar-refractivity contribution in [3.8, 4) is 11.3 Å². The van der Waals surface area contributed by atoms with Gasteiger partial charge in [-0.15, -0.1) is 11.3 Å². The van der Waals surface area contributed by atoms with Crippen molar-refractivity contribution in [1.82, 2.24) is 25.5 Å². The number of fused-ring (bicyclic) bond motifs is 1. The summed E-state index contributed by atoms with van der Waals surface area (Å²) in [5, 5.41) is 12.1. The zero-order chi connectivity index (χ0) is 22.8. The number of hydrogen-bond donors (Lipinski definition) is 4. The third-order valence-corrected chi connectivity index (χ3v) is 7.20. The van der Waals surface area contributed by atoms with E-state index in [0.717, 1.165) is 28.3 Å². The maximum Gasteiger partial charge on any atom is 0.271 e. The summed E-state index contributed by atoms with van der Waals surface area (Å²) in [6, 6.07) is 18.7. The minimum Gasteiger partial charge on any atom is -0.360 e. The van der Waals surface area contributed by atoms with Crippen LogP contribution in [0.2, 0.25) is 0 Å². The predicted octanol–water partition coefficient (Wildman–Crippen LogP) is 3.75. The van der Waals surface area contributed by atoms with Gasteiger partial charge in [0.05, 0.1) is 17.9 Å². The van der Waals surface area contributed by atoms with Crippen molar-refractivity contribution in [3.05, 3.63) is 83.6 Å². The zero-order valence-electron chi connectivity index (χ0n) is 17.1. The van der Waals surface area contributed by atoms with Gasteiger partial charge in [-0.25, -0.2) is 13.4 Å². The smallest absolute Gasteiger partial charge is 0.271 e. The molecule has 0 unspecified atom stereocenters. The molecule has 2 aromatic carbocycles. The maximum atomic E-state index is 12.8. The number of nitrogens with zero attached hydrogens (tertiary/aromatic N) is 2. The standard InChI is InChI=1S/C22H18N6O3S2/c29-21(24-11-15-10-18(27-26-15)14-6-2-1-3-7-14)19-13-32-22(25-19)28-33(30,31)20-12-23-17-9-5-4-8-16(17)20/h1-10,12-13,23H,11H2,(H,24,29)(H,25,28)(H,26,27). The van der Waals surface area contributed by atoms with Gasteiger partial charge in [0.15, 0.2) is 5.13 Å². The molecule has 0 saturated carbocycles. The number of aromatic amines is 2. The summed E-state index contributed by atoms with van der Waals surface area (Å²) in [7, 11) is -3.87. The second-order valence-corrected chi connectivity index (χ2v) is 9.68. The van der Waals surface area contributed by atoms with Gasteiger partial charge in [0.2, 0.25) is 0 Å². The fourth-order valence-electron chi connectivity index (χ4n) is 3.34. The molecule has 0 aliphatic carbocycles. The van der Waals surface area contributed by atoms with Crippen LogP contribution in [0.3, 0.4) is 0 Å². The van der Waals surface area contributed by atoms with Crippen LogP contribution in [0.5, 0.6) is 0 Å². The molecule has 9 nitrogen and oxygen atoms in total. The van der Waals surface area contributed by atoms with Crippen molar-refractivity contribution >= 4 is 43.3 Å². The van der Waals surface area contributed by atoms with Crippen molar-refractivity contribution in [2.75, 3.05) is 4.72 Å². The summed E-state index contributed by atoms with van der Waals surface area (Å²) >= 11 is 1.04. The highest BCUT2D eigenvalue weighted by molar-refractivity contribution is 7.93. The Bertz CT molecular complexity index is 1540. The minimum atomic E-state index is -3.87. The Morgan fingerprint density at radius 2 is 1.85 bits per heavy atom. The number of rotatable bonds is 7. The van der Waals surface area contributed by atoms with Crippen LogP contribution in [0.15, 0.2) is 77.1 Å². The lowest BCUT2D eigenvalue weighted by molar-refractivity contribution is 0.0946. The second kappa shape index (κ2) is 8.52. The van der Waals surface area contributed by atoms with E-state index in [-0.39, 0.29) is 22.3 Å². The minimum absolute atomic E-state index is 0.110. The Morgan fingerprint density at radius 1 is 1.06 bits per heavy atom.